The number of benzene rings is 1. The molecule has 1 aliphatic rings. The molecular formula is C22H36N2O4S. The van der Waals surface area contributed by atoms with Crippen LogP contribution in [0.2, 0.25) is 0 Å². The molecule has 1 fully saturated rings. The fourth-order valence-electron chi connectivity index (χ4n) is 3.77. The molecule has 1 saturated heterocycles. The standard InChI is InChI=1S/C22H36N2O4S/c1-4-12-23(13-5-6-14-24-15-7-16-28-18-22(24)25)19(2)17-20-8-10-21(11-9-20)29(3,26)27/h8-11,19H,4-7,12-18H2,1-3H3. The molecule has 0 spiro atoms. The monoisotopic (exact) mass is 424 g/mol. The molecule has 0 radical (unpaired) electrons. The SMILES string of the molecule is CCCN(CCCCN1CCCOCC1=O)C(C)Cc1ccc(S(C)(=O)=O)cc1. The van der Waals surface area contributed by atoms with E-state index in [1.165, 1.54) is 6.26 Å². The van der Waals surface area contributed by atoms with Crippen LogP contribution in [0.15, 0.2) is 29.2 Å². The van der Waals surface area contributed by atoms with Crippen LogP contribution in [0.5, 0.6) is 0 Å². The molecule has 1 heterocycles. The minimum absolute atomic E-state index is 0.110. The van der Waals surface area contributed by atoms with Crippen molar-refractivity contribution in [1.82, 2.24) is 9.80 Å². The summed E-state index contributed by atoms with van der Waals surface area (Å²) < 4.78 is 28.5. The number of hydrogen-bond donors (Lipinski definition) is 0. The highest BCUT2D eigenvalue weighted by Crippen LogP contribution is 2.15. The van der Waals surface area contributed by atoms with Gasteiger partial charge in [-0.15, -0.1) is 0 Å². The van der Waals surface area contributed by atoms with Gasteiger partial charge in [-0.3, -0.25) is 4.79 Å². The van der Waals surface area contributed by atoms with E-state index in [9.17, 15) is 13.2 Å². The molecule has 164 valence electrons. The number of carbonyl (C=O) groups is 1. The minimum atomic E-state index is -3.15. The molecule has 1 amide bonds. The highest BCUT2D eigenvalue weighted by molar-refractivity contribution is 7.90. The Kier molecular flexibility index (Phi) is 9.59. The van der Waals surface area contributed by atoms with E-state index in [2.05, 4.69) is 18.7 Å². The zero-order chi connectivity index (χ0) is 21.3. The van der Waals surface area contributed by atoms with Crippen LogP contribution in [0, 0.1) is 0 Å². The molecule has 2 rings (SSSR count). The molecule has 29 heavy (non-hydrogen) atoms. The van der Waals surface area contributed by atoms with Gasteiger partial charge in [0.25, 0.3) is 0 Å². The van der Waals surface area contributed by atoms with Gasteiger partial charge in [0.1, 0.15) is 6.61 Å². The van der Waals surface area contributed by atoms with Crippen LogP contribution in [-0.4, -0.2) is 75.8 Å². The first-order chi connectivity index (χ1) is 13.8. The summed E-state index contributed by atoms with van der Waals surface area (Å²) in [5.41, 5.74) is 1.15. The van der Waals surface area contributed by atoms with Crippen LogP contribution in [-0.2, 0) is 25.8 Å². The van der Waals surface area contributed by atoms with Crippen LogP contribution in [0.3, 0.4) is 0 Å². The third-order valence-corrected chi connectivity index (χ3v) is 6.56. The average Bonchev–Trinajstić information content (AvgIpc) is 2.88. The number of rotatable bonds is 11. The lowest BCUT2D eigenvalue weighted by atomic mass is 10.1. The Morgan fingerprint density at radius 2 is 1.90 bits per heavy atom. The van der Waals surface area contributed by atoms with Gasteiger partial charge in [0.05, 0.1) is 4.90 Å². The molecule has 1 atom stereocenters. The smallest absolute Gasteiger partial charge is 0.248 e. The lowest BCUT2D eigenvalue weighted by Crippen LogP contribution is -2.37. The molecule has 6 nitrogen and oxygen atoms in total. The number of sulfone groups is 1. The highest BCUT2D eigenvalue weighted by Gasteiger charge is 2.17. The molecular weight excluding hydrogens is 388 g/mol. The molecule has 0 N–H and O–H groups in total. The van der Waals surface area contributed by atoms with Crippen LogP contribution in [0.1, 0.15) is 45.1 Å². The summed E-state index contributed by atoms with van der Waals surface area (Å²) in [6, 6.07) is 7.62. The second-order valence-electron chi connectivity index (χ2n) is 8.00. The van der Waals surface area contributed by atoms with Gasteiger partial charge in [0.2, 0.25) is 5.91 Å². The van der Waals surface area contributed by atoms with Crippen LogP contribution in [0.4, 0.5) is 0 Å². The first kappa shape index (κ1) is 23.8. The van der Waals surface area contributed by atoms with Gasteiger partial charge in [0.15, 0.2) is 9.84 Å². The Morgan fingerprint density at radius 1 is 1.17 bits per heavy atom. The second-order valence-corrected chi connectivity index (χ2v) is 10.0. The number of ether oxygens (including phenoxy) is 1. The molecule has 7 heteroatoms. The number of amides is 1. The van der Waals surface area contributed by atoms with Crippen molar-refractivity contribution >= 4 is 15.7 Å². The second kappa shape index (κ2) is 11.7. The lowest BCUT2D eigenvalue weighted by Gasteiger charge is -2.29. The molecule has 1 aliphatic heterocycles. The van der Waals surface area contributed by atoms with Gasteiger partial charge >= 0.3 is 0 Å². The molecule has 1 aromatic carbocycles. The van der Waals surface area contributed by atoms with E-state index in [-0.39, 0.29) is 12.5 Å². The first-order valence-electron chi connectivity index (χ1n) is 10.7. The zero-order valence-electron chi connectivity index (χ0n) is 18.1. The van der Waals surface area contributed by atoms with E-state index in [0.717, 1.165) is 63.8 Å². The van der Waals surface area contributed by atoms with E-state index < -0.39 is 9.84 Å². The lowest BCUT2D eigenvalue weighted by molar-refractivity contribution is -0.133. The maximum atomic E-state index is 12.0. The maximum absolute atomic E-state index is 12.0. The molecule has 0 aromatic heterocycles. The van der Waals surface area contributed by atoms with Crippen LogP contribution in [0.25, 0.3) is 0 Å². The van der Waals surface area contributed by atoms with Crippen molar-refractivity contribution in [3.63, 3.8) is 0 Å². The Morgan fingerprint density at radius 3 is 2.55 bits per heavy atom. The summed E-state index contributed by atoms with van der Waals surface area (Å²) >= 11 is 0. The Balaban J connectivity index is 1.82. The minimum Gasteiger partial charge on any atom is -0.372 e. The molecule has 0 bridgehead atoms. The fraction of sp³-hybridized carbons (Fsp3) is 0.682. The van der Waals surface area contributed by atoms with Gasteiger partial charge in [-0.1, -0.05) is 19.1 Å². The zero-order valence-corrected chi connectivity index (χ0v) is 18.9. The predicted molar refractivity (Wildman–Crippen MR) is 116 cm³/mol. The van der Waals surface area contributed by atoms with E-state index in [0.29, 0.717) is 17.5 Å². The molecule has 1 aromatic rings. The van der Waals surface area contributed by atoms with Gasteiger partial charge in [-0.05, 0) is 69.8 Å². The van der Waals surface area contributed by atoms with Gasteiger partial charge in [0, 0.05) is 32.0 Å². The normalized spacial score (nSPS) is 16.8. The third-order valence-electron chi connectivity index (χ3n) is 5.44. The van der Waals surface area contributed by atoms with E-state index in [4.69, 9.17) is 4.74 Å². The van der Waals surface area contributed by atoms with Crippen molar-refractivity contribution in [2.45, 2.75) is 56.9 Å². The van der Waals surface area contributed by atoms with Crippen molar-refractivity contribution in [3.05, 3.63) is 29.8 Å². The topological polar surface area (TPSA) is 66.9 Å². The maximum Gasteiger partial charge on any atom is 0.248 e. The Bertz CT molecular complexity index is 734. The van der Waals surface area contributed by atoms with Gasteiger partial charge in [-0.2, -0.15) is 0 Å². The summed E-state index contributed by atoms with van der Waals surface area (Å²) in [7, 11) is -3.15. The summed E-state index contributed by atoms with van der Waals surface area (Å²) in [4.78, 5) is 16.8. The first-order valence-corrected chi connectivity index (χ1v) is 12.6. The predicted octanol–water partition coefficient (Wildman–Crippen LogP) is 2.76. The van der Waals surface area contributed by atoms with E-state index >= 15 is 0 Å². The third kappa shape index (κ3) is 8.07. The van der Waals surface area contributed by atoms with Gasteiger partial charge in [-0.25, -0.2) is 8.42 Å². The molecule has 1 unspecified atom stereocenters. The Labute approximate surface area is 176 Å². The van der Waals surface area contributed by atoms with Crippen molar-refractivity contribution in [3.8, 4) is 0 Å². The number of carbonyl (C=O) groups excluding carboxylic acids is 1. The summed E-state index contributed by atoms with van der Waals surface area (Å²) in [6.45, 7) is 8.98. The van der Waals surface area contributed by atoms with Crippen LogP contribution >= 0.6 is 0 Å². The average molecular weight is 425 g/mol. The largest absolute Gasteiger partial charge is 0.372 e. The summed E-state index contributed by atoms with van der Waals surface area (Å²) in [6.07, 6.45) is 6.21. The van der Waals surface area contributed by atoms with Crippen molar-refractivity contribution < 1.29 is 17.9 Å². The van der Waals surface area contributed by atoms with Crippen molar-refractivity contribution in [2.75, 3.05) is 45.6 Å². The van der Waals surface area contributed by atoms with Crippen molar-refractivity contribution in [2.24, 2.45) is 0 Å². The number of unbranched alkanes of at least 4 members (excludes halogenated alkanes) is 1. The van der Waals surface area contributed by atoms with E-state index in [1.54, 1.807) is 12.1 Å². The number of nitrogens with zero attached hydrogens (tertiary/aromatic N) is 2. The highest BCUT2D eigenvalue weighted by atomic mass is 32.2. The van der Waals surface area contributed by atoms with Crippen LogP contribution < -0.4 is 0 Å². The van der Waals surface area contributed by atoms with Gasteiger partial charge < -0.3 is 14.5 Å². The molecule has 0 saturated carbocycles. The summed E-state index contributed by atoms with van der Waals surface area (Å²) in [5, 5.41) is 0. The van der Waals surface area contributed by atoms with E-state index in [1.807, 2.05) is 17.0 Å². The summed E-state index contributed by atoms with van der Waals surface area (Å²) in [5.74, 6) is 0.110. The Hall–Kier alpha value is -1.44. The quantitative estimate of drug-likeness (QED) is 0.511. The fourth-order valence-corrected chi connectivity index (χ4v) is 4.40. The molecule has 0 aliphatic carbocycles. The van der Waals surface area contributed by atoms with Crippen molar-refractivity contribution in [1.29, 1.82) is 0 Å². The number of hydrogen-bond acceptors (Lipinski definition) is 5.